The smallest absolute Gasteiger partial charge is 0.325 e. The molecule has 0 saturated heterocycles. The molecule has 0 aliphatic rings. The summed E-state index contributed by atoms with van der Waals surface area (Å²) in [6.45, 7) is -0.231. The summed E-state index contributed by atoms with van der Waals surface area (Å²) in [4.78, 5) is 14.7. The van der Waals surface area contributed by atoms with Crippen LogP contribution in [0, 0.1) is 0 Å². The topological polar surface area (TPSA) is 86.5 Å². The van der Waals surface area contributed by atoms with Gasteiger partial charge in [-0.2, -0.15) is 5.10 Å². The number of ether oxygens (including phenoxy) is 2. The zero-order chi connectivity index (χ0) is 13.8. The van der Waals surface area contributed by atoms with Crippen molar-refractivity contribution in [2.45, 2.75) is 6.54 Å². The Morgan fingerprint density at radius 3 is 2.79 bits per heavy atom. The molecule has 19 heavy (non-hydrogen) atoms. The first-order valence-electron chi connectivity index (χ1n) is 5.47. The van der Waals surface area contributed by atoms with Gasteiger partial charge >= 0.3 is 5.97 Å². The Kier molecular flexibility index (Phi) is 3.65. The van der Waals surface area contributed by atoms with E-state index in [1.54, 1.807) is 25.3 Å². The lowest BCUT2D eigenvalue weighted by Crippen LogP contribution is -2.09. The summed E-state index contributed by atoms with van der Waals surface area (Å²) in [6, 6.07) is 5.24. The Balaban J connectivity index is 2.35. The molecule has 100 valence electrons. The first-order chi connectivity index (χ1) is 9.13. The fourth-order valence-electron chi connectivity index (χ4n) is 1.62. The number of nitrogens with zero attached hydrogens (tertiary/aromatic N) is 3. The van der Waals surface area contributed by atoms with Crippen LogP contribution in [0.2, 0.25) is 0 Å². The molecule has 0 saturated carbocycles. The molecule has 0 radical (unpaired) electrons. The summed E-state index contributed by atoms with van der Waals surface area (Å²) in [5, 5.41) is 12.8. The highest BCUT2D eigenvalue weighted by Crippen LogP contribution is 2.30. The van der Waals surface area contributed by atoms with E-state index in [-0.39, 0.29) is 6.54 Å². The van der Waals surface area contributed by atoms with E-state index >= 15 is 0 Å². The highest BCUT2D eigenvalue weighted by Gasteiger charge is 2.12. The highest BCUT2D eigenvalue weighted by molar-refractivity contribution is 5.67. The van der Waals surface area contributed by atoms with Crippen LogP contribution < -0.4 is 9.47 Å². The molecule has 1 heterocycles. The molecule has 7 heteroatoms. The average molecular weight is 263 g/mol. The van der Waals surface area contributed by atoms with E-state index in [0.29, 0.717) is 22.9 Å². The fourth-order valence-corrected chi connectivity index (χ4v) is 1.62. The van der Waals surface area contributed by atoms with Gasteiger partial charge in [-0.15, -0.1) is 0 Å². The van der Waals surface area contributed by atoms with Gasteiger partial charge in [-0.3, -0.25) is 4.79 Å². The molecule has 0 amide bonds. The number of hydrogen-bond acceptors (Lipinski definition) is 5. The molecule has 0 aliphatic heterocycles. The van der Waals surface area contributed by atoms with E-state index in [9.17, 15) is 4.79 Å². The number of aliphatic carboxylic acids is 1. The van der Waals surface area contributed by atoms with Crippen molar-refractivity contribution in [2.24, 2.45) is 0 Å². The number of benzene rings is 1. The molecule has 0 unspecified atom stereocenters. The number of carbonyl (C=O) groups is 1. The molecular formula is C12H13N3O4. The van der Waals surface area contributed by atoms with Gasteiger partial charge in [0.05, 0.1) is 19.8 Å². The van der Waals surface area contributed by atoms with Gasteiger partial charge < -0.3 is 14.6 Å². The van der Waals surface area contributed by atoms with E-state index in [2.05, 4.69) is 10.1 Å². The number of carboxylic acid groups (broad SMARTS) is 1. The van der Waals surface area contributed by atoms with Crippen LogP contribution in [-0.2, 0) is 11.3 Å². The maximum Gasteiger partial charge on any atom is 0.325 e. The highest BCUT2D eigenvalue weighted by atomic mass is 16.5. The lowest BCUT2D eigenvalue weighted by atomic mass is 10.2. The van der Waals surface area contributed by atoms with Crippen molar-refractivity contribution in [2.75, 3.05) is 14.2 Å². The Morgan fingerprint density at radius 1 is 1.37 bits per heavy atom. The largest absolute Gasteiger partial charge is 0.497 e. The predicted octanol–water partition coefficient (Wildman–Crippen LogP) is 1.05. The summed E-state index contributed by atoms with van der Waals surface area (Å²) in [6.07, 6.45) is 1.37. The average Bonchev–Trinajstić information content (AvgIpc) is 2.85. The quantitative estimate of drug-likeness (QED) is 0.867. The minimum Gasteiger partial charge on any atom is -0.497 e. The molecule has 1 N–H and O–H groups in total. The van der Waals surface area contributed by atoms with Crippen LogP contribution >= 0.6 is 0 Å². The van der Waals surface area contributed by atoms with Crippen molar-refractivity contribution < 1.29 is 19.4 Å². The third-order valence-corrected chi connectivity index (χ3v) is 2.48. The van der Waals surface area contributed by atoms with Gasteiger partial charge in [-0.25, -0.2) is 9.67 Å². The zero-order valence-corrected chi connectivity index (χ0v) is 10.5. The van der Waals surface area contributed by atoms with E-state index in [1.165, 1.54) is 18.1 Å². The Morgan fingerprint density at radius 2 is 2.16 bits per heavy atom. The first-order valence-corrected chi connectivity index (χ1v) is 5.47. The molecule has 0 bridgehead atoms. The van der Waals surface area contributed by atoms with Crippen LogP contribution in [0.25, 0.3) is 11.4 Å². The minimum atomic E-state index is -0.974. The second-order valence-corrected chi connectivity index (χ2v) is 3.73. The third kappa shape index (κ3) is 2.82. The van der Waals surface area contributed by atoms with Crippen molar-refractivity contribution in [1.29, 1.82) is 0 Å². The van der Waals surface area contributed by atoms with Crippen LogP contribution in [0.1, 0.15) is 0 Å². The molecule has 1 aromatic heterocycles. The second-order valence-electron chi connectivity index (χ2n) is 3.73. The van der Waals surface area contributed by atoms with E-state index in [4.69, 9.17) is 14.6 Å². The van der Waals surface area contributed by atoms with Crippen molar-refractivity contribution in [3.63, 3.8) is 0 Å². The Bertz CT molecular complexity index is 594. The lowest BCUT2D eigenvalue weighted by Gasteiger charge is -2.07. The van der Waals surface area contributed by atoms with Gasteiger partial charge in [-0.1, -0.05) is 0 Å². The molecule has 0 fully saturated rings. The molecule has 7 nitrogen and oxygen atoms in total. The molecule has 0 aliphatic carbocycles. The summed E-state index contributed by atoms with van der Waals surface area (Å²) in [5.41, 5.74) is 0.674. The van der Waals surface area contributed by atoms with Crippen LogP contribution in [0.3, 0.4) is 0 Å². The van der Waals surface area contributed by atoms with Crippen LogP contribution in [0.15, 0.2) is 24.5 Å². The second kappa shape index (κ2) is 5.38. The van der Waals surface area contributed by atoms with Crippen molar-refractivity contribution in [3.8, 4) is 22.9 Å². The van der Waals surface area contributed by atoms with E-state index in [0.717, 1.165) is 0 Å². The first kappa shape index (κ1) is 12.9. The van der Waals surface area contributed by atoms with Gasteiger partial charge in [0.25, 0.3) is 0 Å². The number of methoxy groups -OCH3 is 2. The predicted molar refractivity (Wildman–Crippen MR) is 66.2 cm³/mol. The molecule has 1 aromatic carbocycles. The van der Waals surface area contributed by atoms with E-state index in [1.807, 2.05) is 0 Å². The van der Waals surface area contributed by atoms with Crippen molar-refractivity contribution in [3.05, 3.63) is 24.5 Å². The lowest BCUT2D eigenvalue weighted by molar-refractivity contribution is -0.137. The zero-order valence-electron chi connectivity index (χ0n) is 10.5. The Labute approximate surface area is 109 Å². The summed E-state index contributed by atoms with van der Waals surface area (Å²) in [5.74, 6) is 0.650. The van der Waals surface area contributed by atoms with Crippen molar-refractivity contribution in [1.82, 2.24) is 14.8 Å². The monoisotopic (exact) mass is 263 g/mol. The summed E-state index contributed by atoms with van der Waals surface area (Å²) in [7, 11) is 3.10. The summed E-state index contributed by atoms with van der Waals surface area (Å²) < 4.78 is 11.6. The number of rotatable bonds is 5. The van der Waals surface area contributed by atoms with Crippen LogP contribution in [0.4, 0.5) is 0 Å². The van der Waals surface area contributed by atoms with Crippen molar-refractivity contribution >= 4 is 5.97 Å². The van der Waals surface area contributed by atoms with E-state index < -0.39 is 5.97 Å². The normalized spacial score (nSPS) is 10.2. The number of aromatic nitrogens is 3. The standard InChI is InChI=1S/C12H13N3O4/c1-18-8-3-4-9(10(5-8)19-2)12-13-7-15(14-12)6-11(16)17/h3-5,7H,6H2,1-2H3,(H,16,17). The van der Waals surface area contributed by atoms with Gasteiger partial charge in [0.15, 0.2) is 5.82 Å². The molecule has 0 atom stereocenters. The van der Waals surface area contributed by atoms with Gasteiger partial charge in [0.2, 0.25) is 0 Å². The number of hydrogen-bond donors (Lipinski definition) is 1. The molecule has 0 spiro atoms. The molecular weight excluding hydrogens is 250 g/mol. The van der Waals surface area contributed by atoms with Gasteiger partial charge in [0.1, 0.15) is 24.4 Å². The maximum atomic E-state index is 10.6. The SMILES string of the molecule is COc1ccc(-c2ncn(CC(=O)O)n2)c(OC)c1. The molecule has 2 rings (SSSR count). The summed E-state index contributed by atoms with van der Waals surface area (Å²) >= 11 is 0. The molecule has 2 aromatic rings. The number of carboxylic acids is 1. The van der Waals surface area contributed by atoms with Crippen LogP contribution in [0.5, 0.6) is 11.5 Å². The minimum absolute atomic E-state index is 0.231. The Hall–Kier alpha value is -2.57. The van der Waals surface area contributed by atoms with Gasteiger partial charge in [0, 0.05) is 6.07 Å². The fraction of sp³-hybridized carbons (Fsp3) is 0.250. The maximum absolute atomic E-state index is 10.6. The third-order valence-electron chi connectivity index (χ3n) is 2.48. The van der Waals surface area contributed by atoms with Crippen LogP contribution in [-0.4, -0.2) is 40.1 Å². The van der Waals surface area contributed by atoms with Gasteiger partial charge in [-0.05, 0) is 12.1 Å².